The largest absolute Gasteiger partial charge is 0.469 e. The molecule has 0 saturated carbocycles. The summed E-state index contributed by atoms with van der Waals surface area (Å²) in [5, 5.41) is 16.5. The second-order valence-electron chi connectivity index (χ2n) is 3.14. The first kappa shape index (κ1) is 12.1. The molecule has 1 rings (SSSR count). The number of carbonyl (C=O) groups excluding carboxylic acids is 1. The minimum Gasteiger partial charge on any atom is -0.469 e. The van der Waals surface area contributed by atoms with Crippen LogP contribution in [0, 0.1) is 10.1 Å². The van der Waals surface area contributed by atoms with Crippen LogP contribution < -0.4 is 5.73 Å². The van der Waals surface area contributed by atoms with Gasteiger partial charge < -0.3 is 20.6 Å². The average Bonchev–Trinajstić information content (AvgIpc) is 2.74. The highest BCUT2D eigenvalue weighted by Gasteiger charge is 2.25. The molecule has 3 N–H and O–H groups in total. The molecule has 1 aromatic heterocycles. The number of H-pyrrole nitrogens is 1. The van der Waals surface area contributed by atoms with Gasteiger partial charge >= 0.3 is 11.8 Å². The number of nitro groups is 1. The van der Waals surface area contributed by atoms with Gasteiger partial charge in [-0.05, 0) is 4.92 Å². The molecule has 1 unspecified atom stereocenters. The molecule has 0 aliphatic carbocycles. The normalized spacial score (nSPS) is 12.1. The van der Waals surface area contributed by atoms with Gasteiger partial charge in [0.2, 0.25) is 0 Å². The van der Waals surface area contributed by atoms with Gasteiger partial charge in [0.15, 0.2) is 0 Å². The number of hydrogen-bond acceptors (Lipinski definition) is 6. The van der Waals surface area contributed by atoms with Gasteiger partial charge in [-0.2, -0.15) is 0 Å². The maximum Gasteiger partial charge on any atom is 0.346 e. The first-order valence-corrected chi connectivity index (χ1v) is 4.54. The Balaban J connectivity index is 2.90. The first-order chi connectivity index (χ1) is 7.60. The van der Waals surface area contributed by atoms with Crippen LogP contribution in [0.4, 0.5) is 5.82 Å². The number of nitrogens with zero attached hydrogens (tertiary/aromatic N) is 2. The third kappa shape index (κ3) is 2.54. The van der Waals surface area contributed by atoms with Crippen LogP contribution in [0.25, 0.3) is 0 Å². The Labute approximate surface area is 90.9 Å². The lowest BCUT2D eigenvalue weighted by Gasteiger charge is -2.10. The van der Waals surface area contributed by atoms with Crippen molar-refractivity contribution in [2.75, 3.05) is 13.7 Å². The van der Waals surface area contributed by atoms with E-state index in [0.29, 0.717) is 5.56 Å². The minimum atomic E-state index is -0.595. The fourth-order valence-corrected chi connectivity index (χ4v) is 1.34. The Hall–Kier alpha value is -1.96. The van der Waals surface area contributed by atoms with E-state index in [2.05, 4.69) is 14.9 Å². The average molecular weight is 228 g/mol. The minimum absolute atomic E-state index is 0.00657. The van der Waals surface area contributed by atoms with Crippen LogP contribution in [-0.4, -0.2) is 34.7 Å². The summed E-state index contributed by atoms with van der Waals surface area (Å²) in [6.45, 7) is 0.107. The molecule has 0 aromatic carbocycles. The number of nitrogens with two attached hydrogens (primary N) is 1. The van der Waals surface area contributed by atoms with E-state index in [0.717, 1.165) is 0 Å². The van der Waals surface area contributed by atoms with Crippen LogP contribution in [-0.2, 0) is 9.53 Å². The monoisotopic (exact) mass is 228 g/mol. The van der Waals surface area contributed by atoms with Crippen molar-refractivity contribution in [2.24, 2.45) is 5.73 Å². The van der Waals surface area contributed by atoms with E-state index in [1.807, 2.05) is 0 Å². The maximum absolute atomic E-state index is 11.1. The molecule has 0 aliphatic heterocycles. The fourth-order valence-electron chi connectivity index (χ4n) is 1.34. The Kier molecular flexibility index (Phi) is 3.95. The number of aromatic amines is 1. The fraction of sp³-hybridized carbons (Fsp3) is 0.500. The predicted molar refractivity (Wildman–Crippen MR) is 53.7 cm³/mol. The van der Waals surface area contributed by atoms with Crippen molar-refractivity contribution in [1.29, 1.82) is 0 Å². The SMILES string of the molecule is COC(=O)CC(CN)c1cn[nH]c1[N+](=O)[O-]. The standard InChI is InChI=1S/C8H12N4O4/c1-16-7(13)2-5(3-9)6-4-10-11-8(6)12(14)15/h4-5H,2-3,9H2,1H3,(H,10,11). The van der Waals surface area contributed by atoms with E-state index in [4.69, 9.17) is 5.73 Å². The summed E-state index contributed by atoms with van der Waals surface area (Å²) in [5.74, 6) is -1.17. The summed E-state index contributed by atoms with van der Waals surface area (Å²) in [6, 6.07) is 0. The van der Waals surface area contributed by atoms with Crippen molar-refractivity contribution >= 4 is 11.8 Å². The van der Waals surface area contributed by atoms with E-state index >= 15 is 0 Å². The van der Waals surface area contributed by atoms with Gasteiger partial charge in [0, 0.05) is 12.5 Å². The van der Waals surface area contributed by atoms with Crippen molar-refractivity contribution in [2.45, 2.75) is 12.3 Å². The van der Waals surface area contributed by atoms with Gasteiger partial charge in [0.05, 0.1) is 25.3 Å². The number of aromatic nitrogens is 2. The zero-order valence-electron chi connectivity index (χ0n) is 8.67. The molecule has 0 saturated heterocycles. The van der Waals surface area contributed by atoms with Crippen molar-refractivity contribution in [3.8, 4) is 0 Å². The molecule has 1 aromatic rings. The van der Waals surface area contributed by atoms with Gasteiger partial charge in [-0.15, -0.1) is 5.10 Å². The number of esters is 1. The number of carbonyl (C=O) groups is 1. The molecule has 0 aliphatic rings. The quantitative estimate of drug-likeness (QED) is 0.412. The lowest BCUT2D eigenvalue weighted by molar-refractivity contribution is -0.390. The second-order valence-corrected chi connectivity index (χ2v) is 3.14. The van der Waals surface area contributed by atoms with Crippen LogP contribution in [0.15, 0.2) is 6.20 Å². The van der Waals surface area contributed by atoms with Crippen molar-refractivity contribution in [1.82, 2.24) is 10.2 Å². The predicted octanol–water partition coefficient (Wildman–Crippen LogP) is -0.0767. The highest BCUT2D eigenvalue weighted by atomic mass is 16.6. The zero-order chi connectivity index (χ0) is 12.1. The summed E-state index contributed by atoms with van der Waals surface area (Å²) in [4.78, 5) is 21.1. The van der Waals surface area contributed by atoms with E-state index < -0.39 is 16.8 Å². The molecule has 0 spiro atoms. The summed E-state index contributed by atoms with van der Waals surface area (Å²) >= 11 is 0. The Bertz CT molecular complexity index is 389. The van der Waals surface area contributed by atoms with Crippen molar-refractivity contribution in [3.63, 3.8) is 0 Å². The molecule has 1 atom stereocenters. The third-order valence-electron chi connectivity index (χ3n) is 2.20. The molecule has 0 amide bonds. The molecule has 0 radical (unpaired) electrons. The molecule has 0 fully saturated rings. The van der Waals surface area contributed by atoms with E-state index in [1.165, 1.54) is 13.3 Å². The highest BCUT2D eigenvalue weighted by Crippen LogP contribution is 2.26. The van der Waals surface area contributed by atoms with E-state index in [1.54, 1.807) is 0 Å². The molecule has 8 heteroatoms. The number of nitrogens with one attached hydrogen (secondary N) is 1. The Morgan fingerprint density at radius 1 is 1.81 bits per heavy atom. The van der Waals surface area contributed by atoms with Gasteiger partial charge in [0.25, 0.3) is 0 Å². The molecular formula is C8H12N4O4. The molecule has 88 valence electrons. The van der Waals surface area contributed by atoms with Crippen LogP contribution in [0.5, 0.6) is 0 Å². The molecule has 16 heavy (non-hydrogen) atoms. The van der Waals surface area contributed by atoms with Crippen LogP contribution in [0.3, 0.4) is 0 Å². The van der Waals surface area contributed by atoms with Crippen LogP contribution in [0.1, 0.15) is 17.9 Å². The summed E-state index contributed by atoms with van der Waals surface area (Å²) in [5.41, 5.74) is 5.78. The third-order valence-corrected chi connectivity index (χ3v) is 2.20. The van der Waals surface area contributed by atoms with Gasteiger partial charge in [-0.3, -0.25) is 4.79 Å². The summed E-state index contributed by atoms with van der Waals surface area (Å²) < 4.78 is 4.49. The zero-order valence-corrected chi connectivity index (χ0v) is 8.67. The van der Waals surface area contributed by atoms with Crippen LogP contribution in [0.2, 0.25) is 0 Å². The topological polar surface area (TPSA) is 124 Å². The number of rotatable bonds is 5. The summed E-state index contributed by atoms with van der Waals surface area (Å²) in [7, 11) is 1.25. The summed E-state index contributed by atoms with van der Waals surface area (Å²) in [6.07, 6.45) is 1.30. The smallest absolute Gasteiger partial charge is 0.346 e. The number of hydrogen-bond donors (Lipinski definition) is 2. The highest BCUT2D eigenvalue weighted by molar-refractivity contribution is 5.70. The molecule has 0 bridgehead atoms. The van der Waals surface area contributed by atoms with Gasteiger partial charge in [-0.1, -0.05) is 5.10 Å². The maximum atomic E-state index is 11.1. The molecule has 1 heterocycles. The second kappa shape index (κ2) is 5.21. The Morgan fingerprint density at radius 3 is 3.00 bits per heavy atom. The van der Waals surface area contributed by atoms with Crippen molar-refractivity contribution < 1.29 is 14.5 Å². The van der Waals surface area contributed by atoms with E-state index in [9.17, 15) is 14.9 Å². The Morgan fingerprint density at radius 2 is 2.50 bits per heavy atom. The van der Waals surface area contributed by atoms with Crippen LogP contribution >= 0.6 is 0 Å². The van der Waals surface area contributed by atoms with E-state index in [-0.39, 0.29) is 18.8 Å². The lowest BCUT2D eigenvalue weighted by Crippen LogP contribution is -2.17. The number of ether oxygens (including phenoxy) is 1. The lowest BCUT2D eigenvalue weighted by atomic mass is 9.98. The molecular weight excluding hydrogens is 216 g/mol. The number of methoxy groups -OCH3 is 1. The molecule has 8 nitrogen and oxygen atoms in total. The van der Waals surface area contributed by atoms with Gasteiger partial charge in [-0.25, -0.2) is 0 Å². The van der Waals surface area contributed by atoms with Gasteiger partial charge in [0.1, 0.15) is 0 Å². The first-order valence-electron chi connectivity index (χ1n) is 4.54. The van der Waals surface area contributed by atoms with Crippen molar-refractivity contribution in [3.05, 3.63) is 21.9 Å².